The van der Waals surface area contributed by atoms with Crippen LogP contribution in [0.2, 0.25) is 0 Å². The summed E-state index contributed by atoms with van der Waals surface area (Å²) in [6.07, 6.45) is 5.07. The quantitative estimate of drug-likeness (QED) is 0.291. The van der Waals surface area contributed by atoms with Crippen LogP contribution in [0.25, 0.3) is 11.0 Å². The van der Waals surface area contributed by atoms with Gasteiger partial charge >= 0.3 is 0 Å². The Balaban J connectivity index is 1.48. The highest BCUT2D eigenvalue weighted by Gasteiger charge is 2.13. The number of aromatic nitrogens is 5. The fourth-order valence-corrected chi connectivity index (χ4v) is 3.25. The minimum atomic E-state index is -0.237. The van der Waals surface area contributed by atoms with Gasteiger partial charge in [-0.05, 0) is 29.7 Å². The van der Waals surface area contributed by atoms with Crippen molar-refractivity contribution in [1.82, 2.24) is 24.7 Å². The molecule has 1 aromatic carbocycles. The molecule has 0 fully saturated rings. The van der Waals surface area contributed by atoms with E-state index < -0.39 is 0 Å². The van der Waals surface area contributed by atoms with Crippen molar-refractivity contribution in [3.63, 3.8) is 0 Å². The lowest BCUT2D eigenvalue weighted by Gasteiger charge is -2.13. The zero-order valence-corrected chi connectivity index (χ0v) is 17.8. The Morgan fingerprint density at radius 1 is 1.12 bits per heavy atom. The number of anilines is 2. The Labute approximate surface area is 185 Å². The van der Waals surface area contributed by atoms with Crippen molar-refractivity contribution >= 4 is 22.8 Å². The summed E-state index contributed by atoms with van der Waals surface area (Å²) in [7, 11) is 0. The highest BCUT2D eigenvalue weighted by Crippen LogP contribution is 2.22. The molecule has 0 saturated carbocycles. The van der Waals surface area contributed by atoms with Gasteiger partial charge in [-0.2, -0.15) is 10.1 Å². The van der Waals surface area contributed by atoms with Crippen molar-refractivity contribution in [3.8, 4) is 11.6 Å². The molecule has 6 N–H and O–H groups in total. The third-order valence-corrected chi connectivity index (χ3v) is 4.82. The second-order valence-electron chi connectivity index (χ2n) is 7.44. The van der Waals surface area contributed by atoms with Crippen LogP contribution in [-0.4, -0.2) is 36.0 Å². The van der Waals surface area contributed by atoms with E-state index in [0.717, 1.165) is 24.0 Å². The van der Waals surface area contributed by atoms with Gasteiger partial charge in [0.05, 0.1) is 25.5 Å². The first-order chi connectivity index (χ1) is 15.5. The number of nitrogens with zero attached hydrogens (tertiary/aromatic N) is 5. The molecule has 0 aliphatic heterocycles. The van der Waals surface area contributed by atoms with Gasteiger partial charge in [-0.15, -0.1) is 0 Å². The molecule has 3 heterocycles. The number of nitrogen functional groups attached to an aromatic ring is 1. The minimum Gasteiger partial charge on any atom is -0.439 e. The van der Waals surface area contributed by atoms with Crippen LogP contribution in [0, 0.1) is 0 Å². The van der Waals surface area contributed by atoms with E-state index in [-0.39, 0.29) is 18.7 Å². The Bertz CT molecular complexity index is 1180. The van der Waals surface area contributed by atoms with Crippen LogP contribution in [0.3, 0.4) is 0 Å². The third-order valence-electron chi connectivity index (χ3n) is 4.82. The van der Waals surface area contributed by atoms with Crippen LogP contribution in [0.1, 0.15) is 30.9 Å². The maximum atomic E-state index is 9.12. The first-order valence-corrected chi connectivity index (χ1v) is 10.4. The van der Waals surface area contributed by atoms with E-state index in [4.69, 9.17) is 21.3 Å². The number of benzene rings is 1. The van der Waals surface area contributed by atoms with Crippen molar-refractivity contribution < 1.29 is 9.84 Å². The van der Waals surface area contributed by atoms with Crippen LogP contribution in [0.5, 0.6) is 11.6 Å². The lowest BCUT2D eigenvalue weighted by atomic mass is 10.2. The average Bonchev–Trinajstić information content (AvgIpc) is 3.18. The Morgan fingerprint density at radius 3 is 2.59 bits per heavy atom. The molecule has 10 nitrogen and oxygen atoms in total. The lowest BCUT2D eigenvalue weighted by Crippen LogP contribution is -2.29. The molecule has 166 valence electrons. The summed E-state index contributed by atoms with van der Waals surface area (Å²) in [6.45, 7) is 2.56. The number of pyridine rings is 1. The predicted molar refractivity (Wildman–Crippen MR) is 122 cm³/mol. The zero-order chi connectivity index (χ0) is 22.5. The van der Waals surface area contributed by atoms with Crippen LogP contribution in [-0.2, 0) is 13.2 Å². The first kappa shape index (κ1) is 21.5. The molecule has 0 aliphatic rings. The minimum absolute atomic E-state index is 0.00303. The monoisotopic (exact) mass is 434 g/mol. The largest absolute Gasteiger partial charge is 0.439 e. The van der Waals surface area contributed by atoms with Gasteiger partial charge in [-0.25, -0.2) is 9.97 Å². The zero-order valence-electron chi connectivity index (χ0n) is 17.8. The van der Waals surface area contributed by atoms with E-state index in [2.05, 4.69) is 32.3 Å². The average molecular weight is 435 g/mol. The highest BCUT2D eigenvalue weighted by atomic mass is 16.5. The fourth-order valence-electron chi connectivity index (χ4n) is 3.25. The molecule has 10 heteroatoms. The van der Waals surface area contributed by atoms with Crippen LogP contribution in [0.4, 0.5) is 11.8 Å². The molecule has 3 aromatic heterocycles. The molecular weight excluding hydrogens is 408 g/mol. The number of nitrogens with one attached hydrogen (secondary N) is 1. The van der Waals surface area contributed by atoms with Gasteiger partial charge in [0.25, 0.3) is 0 Å². The molecule has 0 saturated heterocycles. The van der Waals surface area contributed by atoms with E-state index in [9.17, 15) is 0 Å². The molecule has 4 aromatic rings. The number of nitrogens with two attached hydrogens (primary N) is 2. The number of rotatable bonds is 9. The van der Waals surface area contributed by atoms with Crippen LogP contribution < -0.4 is 21.5 Å². The molecule has 0 bridgehead atoms. The van der Waals surface area contributed by atoms with Crippen molar-refractivity contribution in [2.75, 3.05) is 11.1 Å². The summed E-state index contributed by atoms with van der Waals surface area (Å²) >= 11 is 0. The SMILES string of the molecule is CCCC(N)Nc1nc(N)nc2cn(Cc3ccc(Oc4ccc(CO)cc4)nc3)nc12. The maximum absolute atomic E-state index is 9.12. The first-order valence-electron chi connectivity index (χ1n) is 10.4. The Morgan fingerprint density at radius 2 is 1.91 bits per heavy atom. The number of ether oxygens (including phenoxy) is 1. The van der Waals surface area contributed by atoms with Gasteiger partial charge in [0.15, 0.2) is 11.3 Å². The second-order valence-corrected chi connectivity index (χ2v) is 7.44. The van der Waals surface area contributed by atoms with Gasteiger partial charge in [-0.1, -0.05) is 31.5 Å². The lowest BCUT2D eigenvalue weighted by molar-refractivity contribution is 0.281. The van der Waals surface area contributed by atoms with Crippen molar-refractivity contribution in [1.29, 1.82) is 0 Å². The van der Waals surface area contributed by atoms with Crippen LogP contribution >= 0.6 is 0 Å². The molecule has 4 rings (SSSR count). The molecule has 0 aliphatic carbocycles. The number of hydrogen-bond donors (Lipinski definition) is 4. The molecule has 1 unspecified atom stereocenters. The maximum Gasteiger partial charge on any atom is 0.222 e. The molecule has 32 heavy (non-hydrogen) atoms. The standard InChI is InChI=1S/C22H26N8O2/c1-2-3-18(23)27-21-20-17(26-22(24)28-21)12-30(29-20)11-15-6-9-19(25-10-15)32-16-7-4-14(13-31)5-8-16/h4-10,12,18,31H,2-3,11,13,23H2,1H3,(H3,24,26,27,28). The second kappa shape index (κ2) is 9.58. The summed E-state index contributed by atoms with van der Waals surface area (Å²) in [5.74, 6) is 1.82. The highest BCUT2D eigenvalue weighted by molar-refractivity contribution is 5.85. The Hall–Kier alpha value is -3.76. The van der Waals surface area contributed by atoms with Gasteiger partial charge in [-0.3, -0.25) is 4.68 Å². The van der Waals surface area contributed by atoms with Gasteiger partial charge in [0.1, 0.15) is 11.3 Å². The summed E-state index contributed by atoms with van der Waals surface area (Å²) in [4.78, 5) is 12.9. The van der Waals surface area contributed by atoms with E-state index in [1.807, 2.05) is 12.3 Å². The number of aliphatic hydroxyl groups is 1. The summed E-state index contributed by atoms with van der Waals surface area (Å²) in [5.41, 5.74) is 15.0. The van der Waals surface area contributed by atoms with E-state index in [0.29, 0.717) is 35.0 Å². The van der Waals surface area contributed by atoms with Crippen molar-refractivity contribution in [2.45, 2.75) is 39.1 Å². The molecule has 0 amide bonds. The summed E-state index contributed by atoms with van der Waals surface area (Å²) < 4.78 is 7.51. The van der Waals surface area contributed by atoms with E-state index in [1.54, 1.807) is 41.2 Å². The van der Waals surface area contributed by atoms with Gasteiger partial charge < -0.3 is 26.6 Å². The molecule has 0 spiro atoms. The number of fused-ring (bicyclic) bond motifs is 1. The molecular formula is C22H26N8O2. The summed E-state index contributed by atoms with van der Waals surface area (Å²) in [5, 5.41) is 16.9. The van der Waals surface area contributed by atoms with Gasteiger partial charge in [0, 0.05) is 12.3 Å². The van der Waals surface area contributed by atoms with E-state index >= 15 is 0 Å². The summed E-state index contributed by atoms with van der Waals surface area (Å²) in [6, 6.07) is 10.9. The number of hydrogen-bond acceptors (Lipinski definition) is 9. The van der Waals surface area contributed by atoms with Gasteiger partial charge in [0.2, 0.25) is 11.8 Å². The normalized spacial score (nSPS) is 12.1. The molecule has 0 radical (unpaired) electrons. The topological polar surface area (TPSA) is 150 Å². The third kappa shape index (κ3) is 5.10. The fraction of sp³-hybridized carbons (Fsp3) is 0.273. The predicted octanol–water partition coefficient (Wildman–Crippen LogP) is 2.63. The number of aliphatic hydroxyl groups excluding tert-OH is 1. The van der Waals surface area contributed by atoms with Crippen LogP contribution in [0.15, 0.2) is 48.8 Å². The van der Waals surface area contributed by atoms with Crippen molar-refractivity contribution in [3.05, 3.63) is 59.9 Å². The van der Waals surface area contributed by atoms with Crippen molar-refractivity contribution in [2.24, 2.45) is 5.73 Å². The molecule has 1 atom stereocenters. The van der Waals surface area contributed by atoms with E-state index in [1.165, 1.54) is 0 Å². The smallest absolute Gasteiger partial charge is 0.222 e. The Kier molecular flexibility index (Phi) is 6.43.